The predicted molar refractivity (Wildman–Crippen MR) is 142 cm³/mol. The Morgan fingerprint density at radius 1 is 1.19 bits per heavy atom. The van der Waals surface area contributed by atoms with Crippen LogP contribution >= 0.6 is 11.6 Å². The monoisotopic (exact) mass is 515 g/mol. The molecule has 3 heterocycles. The fourth-order valence-corrected chi connectivity index (χ4v) is 5.88. The van der Waals surface area contributed by atoms with Gasteiger partial charge in [0.05, 0.1) is 17.1 Å². The minimum absolute atomic E-state index is 0.133. The van der Waals surface area contributed by atoms with Crippen LogP contribution in [0.5, 0.6) is 11.5 Å². The maximum atomic E-state index is 13.6. The molecule has 2 atom stereocenters. The van der Waals surface area contributed by atoms with Crippen LogP contribution in [0.1, 0.15) is 77.8 Å². The number of carbonyl (C=O) groups excluding carboxylic acids is 1. The Hall–Kier alpha value is -2.51. The van der Waals surface area contributed by atoms with Crippen LogP contribution in [0, 0.1) is 20.8 Å². The normalized spacial score (nSPS) is 19.7. The molecule has 4 rings (SSSR count). The van der Waals surface area contributed by atoms with E-state index in [9.17, 15) is 9.59 Å². The van der Waals surface area contributed by atoms with Gasteiger partial charge in [0.15, 0.2) is 11.5 Å². The summed E-state index contributed by atoms with van der Waals surface area (Å²) < 4.78 is 12.7. The third kappa shape index (κ3) is 4.88. The molecule has 2 aliphatic heterocycles. The van der Waals surface area contributed by atoms with E-state index in [1.807, 2.05) is 33.8 Å². The number of hydrogen-bond acceptors (Lipinski definition) is 5. The molecular weight excluding hydrogens is 478 g/mol. The number of aromatic nitrogens is 1. The minimum Gasteiger partial charge on any atom is -0.448 e. The van der Waals surface area contributed by atoms with E-state index in [1.165, 1.54) is 0 Å². The Morgan fingerprint density at radius 3 is 2.53 bits per heavy atom. The summed E-state index contributed by atoms with van der Waals surface area (Å²) in [5.74, 6) is 0.148. The van der Waals surface area contributed by atoms with Crippen molar-refractivity contribution in [3.63, 3.8) is 0 Å². The molecule has 8 heteroatoms. The first-order chi connectivity index (χ1) is 17.0. The van der Waals surface area contributed by atoms with E-state index < -0.39 is 5.79 Å². The molecule has 0 saturated carbocycles. The van der Waals surface area contributed by atoms with E-state index in [1.54, 1.807) is 4.90 Å². The number of H-pyrrole nitrogens is 1. The first-order valence-corrected chi connectivity index (χ1v) is 13.2. The molecular formula is C28H38ClN3O4. The summed E-state index contributed by atoms with van der Waals surface area (Å²) in [6, 6.07) is 2.45. The van der Waals surface area contributed by atoms with Crippen molar-refractivity contribution in [3.05, 3.63) is 55.0 Å². The lowest BCUT2D eigenvalue weighted by molar-refractivity contribution is -0.0706. The Bertz CT molecular complexity index is 1240. The van der Waals surface area contributed by atoms with Crippen LogP contribution in [0.3, 0.4) is 0 Å². The van der Waals surface area contributed by atoms with Gasteiger partial charge < -0.3 is 24.3 Å². The van der Waals surface area contributed by atoms with Crippen LogP contribution in [0.15, 0.2) is 10.9 Å². The van der Waals surface area contributed by atoms with Gasteiger partial charge in [0.2, 0.25) is 5.79 Å². The second kappa shape index (κ2) is 10.1. The number of carbonyl (C=O) groups is 1. The van der Waals surface area contributed by atoms with Crippen LogP contribution in [-0.2, 0) is 13.0 Å². The van der Waals surface area contributed by atoms with Crippen LogP contribution in [0.4, 0.5) is 0 Å². The summed E-state index contributed by atoms with van der Waals surface area (Å²) in [4.78, 5) is 33.0. The average Bonchev–Trinajstić information content (AvgIpc) is 3.16. The summed E-state index contributed by atoms with van der Waals surface area (Å²) in [7, 11) is 4.22. The Morgan fingerprint density at radius 2 is 1.89 bits per heavy atom. The first kappa shape index (κ1) is 26.6. The number of nitrogens with one attached hydrogen (secondary N) is 1. The first-order valence-electron chi connectivity index (χ1n) is 12.8. The number of rotatable bonds is 8. The minimum atomic E-state index is -0.819. The summed E-state index contributed by atoms with van der Waals surface area (Å²) in [6.07, 6.45) is 4.42. The lowest BCUT2D eigenvalue weighted by Crippen LogP contribution is -2.39. The predicted octanol–water partition coefficient (Wildman–Crippen LogP) is 5.15. The number of fused-ring (bicyclic) bond motifs is 2. The van der Waals surface area contributed by atoms with Gasteiger partial charge in [-0.25, -0.2) is 0 Å². The number of amides is 1. The van der Waals surface area contributed by atoms with Crippen LogP contribution in [0.2, 0.25) is 5.02 Å². The third-order valence-electron chi connectivity index (χ3n) is 7.67. The van der Waals surface area contributed by atoms with E-state index in [-0.39, 0.29) is 18.0 Å². The Labute approximate surface area is 218 Å². The number of aromatic amines is 1. The molecule has 0 spiro atoms. The zero-order valence-electron chi connectivity index (χ0n) is 22.5. The molecule has 0 aliphatic carbocycles. The van der Waals surface area contributed by atoms with Crippen LogP contribution in [0.25, 0.3) is 0 Å². The van der Waals surface area contributed by atoms with E-state index in [2.05, 4.69) is 30.9 Å². The molecule has 0 bridgehead atoms. The molecule has 196 valence electrons. The molecule has 0 radical (unpaired) electrons. The standard InChI is InChI=1S/C28H38ClN3O4/c1-8-19(31(6)7)10-9-12-28(5)35-24-18(4)22-20(23(29)25(24)36-28)11-13-32(27(22)34)15-21-16(2)14-17(3)30-26(21)33/h14,19H,8-13,15H2,1-7H3,(H,30,33). The summed E-state index contributed by atoms with van der Waals surface area (Å²) in [5, 5.41) is 0.464. The van der Waals surface area contributed by atoms with Gasteiger partial charge in [-0.15, -0.1) is 0 Å². The highest BCUT2D eigenvalue weighted by Crippen LogP contribution is 2.51. The Kier molecular flexibility index (Phi) is 7.45. The molecule has 2 aromatic rings. The van der Waals surface area contributed by atoms with Crippen molar-refractivity contribution < 1.29 is 14.3 Å². The van der Waals surface area contributed by atoms with Crippen molar-refractivity contribution in [2.75, 3.05) is 20.6 Å². The molecule has 7 nitrogen and oxygen atoms in total. The maximum Gasteiger partial charge on any atom is 0.254 e. The molecule has 36 heavy (non-hydrogen) atoms. The fraction of sp³-hybridized carbons (Fsp3) is 0.571. The smallest absolute Gasteiger partial charge is 0.254 e. The van der Waals surface area contributed by atoms with E-state index >= 15 is 0 Å². The zero-order valence-corrected chi connectivity index (χ0v) is 23.3. The molecule has 2 aliphatic rings. The van der Waals surface area contributed by atoms with Crippen molar-refractivity contribution in [2.45, 2.75) is 85.1 Å². The molecule has 1 amide bonds. The SMILES string of the molecule is CCC(CCCC1(C)Oc2c(C)c3c(c(Cl)c2O1)CCN(Cc1c(C)cc(C)[nH]c1=O)C3=O)N(C)C. The van der Waals surface area contributed by atoms with E-state index in [0.29, 0.717) is 46.7 Å². The van der Waals surface area contributed by atoms with Gasteiger partial charge in [0.25, 0.3) is 11.5 Å². The van der Waals surface area contributed by atoms with Crippen molar-refractivity contribution in [2.24, 2.45) is 0 Å². The topological polar surface area (TPSA) is 74.9 Å². The second-order valence-electron chi connectivity index (χ2n) is 10.6. The summed E-state index contributed by atoms with van der Waals surface area (Å²) in [5.41, 5.74) is 4.26. The van der Waals surface area contributed by atoms with Crippen LogP contribution < -0.4 is 15.0 Å². The largest absolute Gasteiger partial charge is 0.448 e. The molecule has 0 saturated heterocycles. The van der Waals surface area contributed by atoms with Gasteiger partial charge in [0.1, 0.15) is 0 Å². The maximum absolute atomic E-state index is 13.6. The average molecular weight is 516 g/mol. The third-order valence-corrected chi connectivity index (χ3v) is 8.07. The fourth-order valence-electron chi connectivity index (χ4n) is 5.56. The van der Waals surface area contributed by atoms with Crippen molar-refractivity contribution >= 4 is 17.5 Å². The van der Waals surface area contributed by atoms with Gasteiger partial charge >= 0.3 is 0 Å². The molecule has 1 aromatic carbocycles. The summed E-state index contributed by atoms with van der Waals surface area (Å²) >= 11 is 6.82. The van der Waals surface area contributed by atoms with Gasteiger partial charge in [0, 0.05) is 42.8 Å². The number of hydrogen-bond donors (Lipinski definition) is 1. The number of pyridine rings is 1. The number of benzene rings is 1. The summed E-state index contributed by atoms with van der Waals surface area (Å²) in [6.45, 7) is 10.5. The highest BCUT2D eigenvalue weighted by Gasteiger charge is 2.43. The quantitative estimate of drug-likeness (QED) is 0.526. The Balaban J connectivity index is 1.57. The van der Waals surface area contributed by atoms with Crippen LogP contribution in [-0.4, -0.2) is 53.2 Å². The van der Waals surface area contributed by atoms with Crippen molar-refractivity contribution in [1.82, 2.24) is 14.8 Å². The molecule has 0 fully saturated rings. The number of nitrogens with zero attached hydrogens (tertiary/aromatic N) is 2. The molecule has 1 aromatic heterocycles. The van der Waals surface area contributed by atoms with Gasteiger partial charge in [-0.3, -0.25) is 9.59 Å². The lowest BCUT2D eigenvalue weighted by atomic mass is 9.93. The molecule has 2 unspecified atom stereocenters. The second-order valence-corrected chi connectivity index (χ2v) is 11.0. The highest BCUT2D eigenvalue weighted by molar-refractivity contribution is 6.34. The molecule has 1 N–H and O–H groups in total. The zero-order chi connectivity index (χ0) is 26.4. The lowest BCUT2D eigenvalue weighted by Gasteiger charge is -2.31. The van der Waals surface area contributed by atoms with Gasteiger partial charge in [-0.1, -0.05) is 18.5 Å². The highest BCUT2D eigenvalue weighted by atomic mass is 35.5. The van der Waals surface area contributed by atoms with E-state index in [4.69, 9.17) is 21.1 Å². The number of ether oxygens (including phenoxy) is 2. The number of halogens is 1. The van der Waals surface area contributed by atoms with Gasteiger partial charge in [-0.05, 0) is 77.7 Å². The van der Waals surface area contributed by atoms with Gasteiger partial charge in [-0.2, -0.15) is 0 Å². The van der Waals surface area contributed by atoms with E-state index in [0.717, 1.165) is 48.1 Å². The number of aryl methyl sites for hydroxylation is 2. The van der Waals surface area contributed by atoms with Crippen molar-refractivity contribution in [3.8, 4) is 11.5 Å². The van der Waals surface area contributed by atoms with Crippen molar-refractivity contribution in [1.29, 1.82) is 0 Å².